The van der Waals surface area contributed by atoms with Crippen molar-refractivity contribution in [3.05, 3.63) is 0 Å². The van der Waals surface area contributed by atoms with E-state index in [9.17, 15) is 0 Å². The zero-order valence-corrected chi connectivity index (χ0v) is 5.43. The molecule has 0 spiro atoms. The first-order chi connectivity index (χ1) is 2.27. The molecule has 1 atom stereocenters. The van der Waals surface area contributed by atoms with E-state index in [0.29, 0.717) is 0 Å². The molecule has 2 heteroatoms. The average Bonchev–Trinajstić information content (AvgIpc) is 1.38. The summed E-state index contributed by atoms with van der Waals surface area (Å²) in [6.45, 7) is 3.99. The van der Waals surface area contributed by atoms with E-state index >= 15 is 0 Å². The van der Waals surface area contributed by atoms with Crippen LogP contribution in [0.4, 0.5) is 0 Å². The molecule has 32 valence electrons. The van der Waals surface area contributed by atoms with Gasteiger partial charge in [0.05, 0.1) is 0 Å². The van der Waals surface area contributed by atoms with Gasteiger partial charge in [0.2, 0.25) is 0 Å². The molecule has 0 rings (SSSR count). The molecule has 0 aliphatic carbocycles. The summed E-state index contributed by atoms with van der Waals surface area (Å²) in [5.74, 6) is 0. The molecule has 0 aromatic heterocycles. The minimum absolute atomic E-state index is 0.291. The van der Waals surface area contributed by atoms with Crippen LogP contribution in [-0.2, 0) is 11.8 Å². The molecule has 0 N–H and O–H groups in total. The maximum Gasteiger partial charge on any atom is -0.0291 e. The molecule has 0 saturated heterocycles. The summed E-state index contributed by atoms with van der Waals surface area (Å²) in [4.78, 5) is 0. The molecular formula is C3H9PS. The van der Waals surface area contributed by atoms with Gasteiger partial charge in [0.25, 0.3) is 0 Å². The third-order valence-corrected chi connectivity index (χ3v) is 2.36. The smallest absolute Gasteiger partial charge is 0.0291 e. The molecule has 5 heavy (non-hydrogen) atoms. The molecule has 0 bridgehead atoms. The van der Waals surface area contributed by atoms with Crippen LogP contribution in [0.2, 0.25) is 0 Å². The van der Waals surface area contributed by atoms with Crippen molar-refractivity contribution in [2.24, 2.45) is 0 Å². The van der Waals surface area contributed by atoms with E-state index in [-0.39, 0.29) is 6.70 Å². The van der Waals surface area contributed by atoms with E-state index in [0.717, 1.165) is 0 Å². The normalized spacial score (nSPS) is 14.8. The summed E-state index contributed by atoms with van der Waals surface area (Å²) >= 11 is 4.88. The molecule has 0 radical (unpaired) electrons. The summed E-state index contributed by atoms with van der Waals surface area (Å²) in [7, 11) is 0. The molecule has 0 heterocycles. The third-order valence-electron chi connectivity index (χ3n) is 0.498. The molecular weight excluding hydrogens is 99.1 g/mol. The minimum atomic E-state index is -0.291. The predicted molar refractivity (Wildman–Crippen MR) is 32.1 cm³/mol. The maximum absolute atomic E-state index is 4.88. The zero-order valence-electron chi connectivity index (χ0n) is 3.62. The lowest BCUT2D eigenvalue weighted by Crippen LogP contribution is -1.54. The Morgan fingerprint density at radius 1 is 1.80 bits per heavy atom. The number of rotatable bonds is 1. The van der Waals surface area contributed by atoms with Gasteiger partial charge >= 0.3 is 0 Å². The Labute approximate surface area is 39.0 Å². The van der Waals surface area contributed by atoms with Gasteiger partial charge in [-0.15, -0.1) is 11.8 Å². The lowest BCUT2D eigenvalue weighted by Gasteiger charge is -1.78. The average molecular weight is 108 g/mol. The number of hydrogen-bond donors (Lipinski definition) is 0. The Kier molecular flexibility index (Phi) is 3.24. The molecule has 0 aromatic rings. The summed E-state index contributed by atoms with van der Waals surface area (Å²) in [6.07, 6.45) is 1.22. The fraction of sp³-hybridized carbons (Fsp3) is 1.00. The Morgan fingerprint density at radius 3 is 2.00 bits per heavy atom. The summed E-state index contributed by atoms with van der Waals surface area (Å²) in [6, 6.07) is 0. The Bertz CT molecular complexity index is 42.2. The van der Waals surface area contributed by atoms with Crippen molar-refractivity contribution in [2.45, 2.75) is 6.92 Å². The van der Waals surface area contributed by atoms with Gasteiger partial charge in [-0.05, 0) is 12.8 Å². The second kappa shape index (κ2) is 2.87. The highest BCUT2D eigenvalue weighted by Gasteiger charge is 1.68. The van der Waals surface area contributed by atoms with Gasteiger partial charge in [-0.1, -0.05) is 13.6 Å². The minimum Gasteiger partial charge on any atom is -0.101 e. The predicted octanol–water partition coefficient (Wildman–Crippen LogP) is 1.31. The molecule has 0 nitrogen and oxygen atoms in total. The standard InChI is InChI=1S/C3H9PS/c1-3-4(2)5/h4H,3H2,1-2H3. The quantitative estimate of drug-likeness (QED) is 0.456. The Morgan fingerprint density at radius 2 is 2.00 bits per heavy atom. The van der Waals surface area contributed by atoms with Crippen molar-refractivity contribution in [1.82, 2.24) is 0 Å². The summed E-state index contributed by atoms with van der Waals surface area (Å²) < 4.78 is 0. The van der Waals surface area contributed by atoms with Crippen LogP contribution in [0, 0.1) is 0 Å². The molecule has 0 aliphatic rings. The maximum atomic E-state index is 4.88. The van der Waals surface area contributed by atoms with Gasteiger partial charge in [-0.3, -0.25) is 0 Å². The Hall–Kier alpha value is 0.650. The van der Waals surface area contributed by atoms with Crippen molar-refractivity contribution < 1.29 is 0 Å². The second-order valence-electron chi connectivity index (χ2n) is 1.06. The van der Waals surface area contributed by atoms with Gasteiger partial charge in [0.15, 0.2) is 0 Å². The van der Waals surface area contributed by atoms with Crippen LogP contribution in [0.25, 0.3) is 0 Å². The molecule has 0 aromatic carbocycles. The van der Waals surface area contributed by atoms with E-state index in [1.807, 2.05) is 0 Å². The first-order valence-electron chi connectivity index (χ1n) is 1.76. The third kappa shape index (κ3) is 4.65. The molecule has 0 saturated carbocycles. The second-order valence-corrected chi connectivity index (χ2v) is 5.26. The highest BCUT2D eigenvalue weighted by Crippen LogP contribution is 2.10. The molecule has 0 amide bonds. The Balaban J connectivity index is 2.85. The van der Waals surface area contributed by atoms with Crippen molar-refractivity contribution in [2.75, 3.05) is 12.8 Å². The van der Waals surface area contributed by atoms with Crippen LogP contribution < -0.4 is 0 Å². The highest BCUT2D eigenvalue weighted by molar-refractivity contribution is 8.04. The van der Waals surface area contributed by atoms with Crippen molar-refractivity contribution >= 4 is 18.5 Å². The first-order valence-corrected chi connectivity index (χ1v) is 5.10. The zero-order chi connectivity index (χ0) is 4.28. The monoisotopic (exact) mass is 108 g/mol. The molecule has 0 aliphatic heterocycles. The van der Waals surface area contributed by atoms with Gasteiger partial charge < -0.3 is 0 Å². The van der Waals surface area contributed by atoms with E-state index in [1.165, 1.54) is 6.16 Å². The van der Waals surface area contributed by atoms with Crippen LogP contribution in [0.15, 0.2) is 0 Å². The topological polar surface area (TPSA) is 0 Å². The van der Waals surface area contributed by atoms with E-state index in [2.05, 4.69) is 13.6 Å². The molecule has 0 fully saturated rings. The summed E-state index contributed by atoms with van der Waals surface area (Å²) in [5, 5.41) is 0. The van der Waals surface area contributed by atoms with E-state index in [1.54, 1.807) is 0 Å². The van der Waals surface area contributed by atoms with Crippen molar-refractivity contribution in [3.8, 4) is 0 Å². The lowest BCUT2D eigenvalue weighted by molar-refractivity contribution is 1.52. The van der Waals surface area contributed by atoms with Crippen LogP contribution in [-0.4, -0.2) is 12.8 Å². The largest absolute Gasteiger partial charge is 0.101 e. The lowest BCUT2D eigenvalue weighted by atomic mass is 11.0. The SMILES string of the molecule is CC[PH](C)=S. The van der Waals surface area contributed by atoms with Gasteiger partial charge in [0.1, 0.15) is 0 Å². The van der Waals surface area contributed by atoms with Crippen LogP contribution >= 0.6 is 6.70 Å². The fourth-order valence-electron chi connectivity index (χ4n) is 0. The molecule has 1 unspecified atom stereocenters. The van der Waals surface area contributed by atoms with Crippen LogP contribution in [0.1, 0.15) is 6.92 Å². The van der Waals surface area contributed by atoms with Crippen LogP contribution in [0.5, 0.6) is 0 Å². The number of hydrogen-bond acceptors (Lipinski definition) is 1. The van der Waals surface area contributed by atoms with Crippen molar-refractivity contribution in [1.29, 1.82) is 0 Å². The van der Waals surface area contributed by atoms with Gasteiger partial charge in [0, 0.05) is 0 Å². The van der Waals surface area contributed by atoms with E-state index < -0.39 is 0 Å². The highest BCUT2D eigenvalue weighted by atomic mass is 32.4. The van der Waals surface area contributed by atoms with Crippen molar-refractivity contribution in [3.63, 3.8) is 0 Å². The first kappa shape index (κ1) is 5.65. The summed E-state index contributed by atoms with van der Waals surface area (Å²) in [5.41, 5.74) is 0. The van der Waals surface area contributed by atoms with Gasteiger partial charge in [-0.25, -0.2) is 0 Å². The van der Waals surface area contributed by atoms with Crippen LogP contribution in [0.3, 0.4) is 0 Å². The van der Waals surface area contributed by atoms with Gasteiger partial charge in [-0.2, -0.15) is 0 Å². The van der Waals surface area contributed by atoms with E-state index in [4.69, 9.17) is 11.8 Å². The fourth-order valence-corrected chi connectivity index (χ4v) is 0.